The van der Waals surface area contributed by atoms with Crippen LogP contribution in [0.1, 0.15) is 11.1 Å². The molecule has 1 aromatic carbocycles. The van der Waals surface area contributed by atoms with Crippen LogP contribution in [0.3, 0.4) is 0 Å². The average molecular weight is 382 g/mol. The van der Waals surface area contributed by atoms with Crippen molar-refractivity contribution in [3.05, 3.63) is 34.4 Å². The zero-order valence-electron chi connectivity index (χ0n) is 12.4. The molecule has 0 unspecified atom stereocenters. The number of carbonyl (C=O) groups excluding carboxylic acids is 1. The number of rotatable bonds is 2. The molecule has 6 nitrogen and oxygen atoms in total. The molecule has 0 bridgehead atoms. The van der Waals surface area contributed by atoms with Crippen molar-refractivity contribution in [1.82, 2.24) is 10.2 Å². The molecule has 0 aliphatic carbocycles. The lowest BCUT2D eigenvalue weighted by Gasteiger charge is -2.13. The zero-order chi connectivity index (χ0) is 19.8. The van der Waals surface area contributed by atoms with E-state index in [9.17, 15) is 35.5 Å². The van der Waals surface area contributed by atoms with Crippen LogP contribution in [0, 0.1) is 34.6 Å². The Morgan fingerprint density at radius 3 is 2.12 bits per heavy atom. The molecule has 0 aliphatic heterocycles. The molecule has 0 radical (unpaired) electrons. The number of H-pyrrole nitrogens is 1. The summed E-state index contributed by atoms with van der Waals surface area (Å²) < 4.78 is 97.4. The Hall–Kier alpha value is -3.30. The summed E-state index contributed by atoms with van der Waals surface area (Å²) >= 11 is 0. The van der Waals surface area contributed by atoms with Crippen LogP contribution in [0.2, 0.25) is 0 Å². The van der Waals surface area contributed by atoms with Crippen molar-refractivity contribution in [1.29, 1.82) is 5.26 Å². The predicted octanol–water partition coefficient (Wildman–Crippen LogP) is 3.70. The molecule has 0 spiro atoms. The number of hydrogen-bond acceptors (Lipinski definition) is 4. The van der Waals surface area contributed by atoms with Gasteiger partial charge in [-0.1, -0.05) is 0 Å². The van der Waals surface area contributed by atoms with E-state index in [4.69, 9.17) is 5.26 Å². The van der Waals surface area contributed by atoms with Gasteiger partial charge in [0.1, 0.15) is 17.2 Å². The van der Waals surface area contributed by atoms with Crippen LogP contribution >= 0.6 is 0 Å². The first-order chi connectivity index (χ1) is 12.0. The number of nitrogens with one attached hydrogen (secondary N) is 2. The number of nitriles is 1. The smallest absolute Gasteiger partial charge is 0.422 e. The third-order valence-corrected chi connectivity index (χ3v) is 3.08. The molecule has 2 aromatic rings. The van der Waals surface area contributed by atoms with Gasteiger partial charge in [-0.15, -0.1) is 0 Å². The van der Waals surface area contributed by atoms with Gasteiger partial charge >= 0.3 is 12.3 Å². The minimum Gasteiger partial charge on any atom is -0.453 e. The number of benzene rings is 1. The van der Waals surface area contributed by atoms with Crippen molar-refractivity contribution in [2.45, 2.75) is 6.18 Å². The normalized spacial score (nSPS) is 11.2. The van der Waals surface area contributed by atoms with Gasteiger partial charge in [0, 0.05) is 0 Å². The minimum absolute atomic E-state index is 0.631. The van der Waals surface area contributed by atoms with Crippen LogP contribution < -0.4 is 5.32 Å². The Morgan fingerprint density at radius 2 is 1.69 bits per heavy atom. The maximum absolute atomic E-state index is 14.0. The monoisotopic (exact) mass is 382 g/mol. The summed E-state index contributed by atoms with van der Waals surface area (Å²) in [5.41, 5.74) is -6.18. The van der Waals surface area contributed by atoms with Crippen LogP contribution in [0.4, 0.5) is 41.3 Å². The number of nitrogens with zero attached hydrogens (tertiary/aromatic N) is 2. The summed E-state index contributed by atoms with van der Waals surface area (Å²) in [7, 11) is 0.939. The van der Waals surface area contributed by atoms with Crippen molar-refractivity contribution in [3.63, 3.8) is 0 Å². The second-order valence-corrected chi connectivity index (χ2v) is 4.55. The lowest BCUT2D eigenvalue weighted by Crippen LogP contribution is -2.16. The molecule has 1 aromatic heterocycles. The standard InChI is InChI=1S/C13H5F7N4O2/c1-26-12(25)22-11-3(2-21)10(23-24-11)4-6(14)8(16)5(13(18,19)20)9(17)7(4)15/h1H3,(H2,22,23,24,25). The number of aromatic nitrogens is 2. The van der Waals surface area contributed by atoms with Crippen LogP contribution in [0.25, 0.3) is 11.3 Å². The second-order valence-electron chi connectivity index (χ2n) is 4.55. The summed E-state index contributed by atoms with van der Waals surface area (Å²) in [5, 5.41) is 16.0. The summed E-state index contributed by atoms with van der Waals surface area (Å²) in [6.45, 7) is 0. The molecule has 2 N–H and O–H groups in total. The number of carbonyl (C=O) groups is 1. The van der Waals surface area contributed by atoms with Gasteiger partial charge in [0.25, 0.3) is 0 Å². The van der Waals surface area contributed by atoms with E-state index in [2.05, 4.69) is 9.84 Å². The first-order valence-electron chi connectivity index (χ1n) is 6.31. The first-order valence-corrected chi connectivity index (χ1v) is 6.31. The molecular formula is C13H5F7N4O2. The molecule has 0 saturated heterocycles. The second kappa shape index (κ2) is 6.54. The van der Waals surface area contributed by atoms with Crippen molar-refractivity contribution in [2.75, 3.05) is 12.4 Å². The maximum atomic E-state index is 14.0. The SMILES string of the molecule is COC(=O)Nc1n[nH]c(-c2c(F)c(F)c(C(F)(F)F)c(F)c2F)c1C#N. The van der Waals surface area contributed by atoms with E-state index in [1.165, 1.54) is 6.07 Å². The lowest BCUT2D eigenvalue weighted by molar-refractivity contribution is -0.143. The number of amides is 1. The van der Waals surface area contributed by atoms with E-state index >= 15 is 0 Å². The number of methoxy groups -OCH3 is 1. The van der Waals surface area contributed by atoms with Gasteiger partial charge in [0.15, 0.2) is 29.1 Å². The summed E-state index contributed by atoms with van der Waals surface area (Å²) in [6, 6.07) is 1.35. The van der Waals surface area contributed by atoms with Gasteiger partial charge in [-0.25, -0.2) is 22.4 Å². The fourth-order valence-electron chi connectivity index (χ4n) is 1.97. The van der Waals surface area contributed by atoms with Crippen LogP contribution in [-0.2, 0) is 10.9 Å². The molecule has 0 fully saturated rings. The summed E-state index contributed by atoms with van der Waals surface area (Å²) in [6.07, 6.45) is -6.86. The lowest BCUT2D eigenvalue weighted by atomic mass is 10.0. The Balaban J connectivity index is 2.76. The summed E-state index contributed by atoms with van der Waals surface area (Å²) in [4.78, 5) is 11.1. The molecule has 0 saturated carbocycles. The Kier molecular flexibility index (Phi) is 4.79. The number of ether oxygens (including phenoxy) is 1. The third-order valence-electron chi connectivity index (χ3n) is 3.08. The minimum atomic E-state index is -5.71. The van der Waals surface area contributed by atoms with E-state index < -0.39 is 63.7 Å². The number of hydrogen-bond donors (Lipinski definition) is 2. The van der Waals surface area contributed by atoms with Crippen molar-refractivity contribution >= 4 is 11.9 Å². The Bertz CT molecular complexity index is 901. The van der Waals surface area contributed by atoms with Gasteiger partial charge in [-0.05, 0) is 0 Å². The van der Waals surface area contributed by atoms with E-state index in [-0.39, 0.29) is 0 Å². The fraction of sp³-hybridized carbons (Fsp3) is 0.154. The molecule has 138 valence electrons. The van der Waals surface area contributed by atoms with Crippen molar-refractivity contribution < 1.29 is 40.3 Å². The molecule has 1 heterocycles. The maximum Gasteiger partial charge on any atom is 0.422 e. The van der Waals surface area contributed by atoms with Crippen LogP contribution in [0.5, 0.6) is 0 Å². The number of anilines is 1. The highest BCUT2D eigenvalue weighted by Crippen LogP contribution is 2.40. The number of alkyl halides is 3. The predicted molar refractivity (Wildman–Crippen MR) is 69.6 cm³/mol. The van der Waals surface area contributed by atoms with Crippen LogP contribution in [0.15, 0.2) is 0 Å². The molecule has 1 amide bonds. The Morgan fingerprint density at radius 1 is 1.15 bits per heavy atom. The van der Waals surface area contributed by atoms with E-state index in [1.54, 1.807) is 0 Å². The largest absolute Gasteiger partial charge is 0.453 e. The molecule has 2 rings (SSSR count). The van der Waals surface area contributed by atoms with E-state index in [1.807, 2.05) is 10.4 Å². The quantitative estimate of drug-likeness (QED) is 0.612. The molecule has 13 heteroatoms. The molecule has 0 aliphatic rings. The third kappa shape index (κ3) is 3.01. The number of aromatic amines is 1. The topological polar surface area (TPSA) is 90.8 Å². The fourth-order valence-corrected chi connectivity index (χ4v) is 1.97. The average Bonchev–Trinajstić information content (AvgIpc) is 2.94. The first kappa shape index (κ1) is 19.0. The molecular weight excluding hydrogens is 377 g/mol. The van der Waals surface area contributed by atoms with Crippen molar-refractivity contribution in [3.8, 4) is 17.3 Å². The molecule has 0 atom stereocenters. The highest BCUT2D eigenvalue weighted by molar-refractivity contribution is 5.87. The highest BCUT2D eigenvalue weighted by Gasteiger charge is 2.43. The van der Waals surface area contributed by atoms with Gasteiger partial charge < -0.3 is 4.74 Å². The van der Waals surface area contributed by atoms with Crippen LogP contribution in [-0.4, -0.2) is 23.4 Å². The van der Waals surface area contributed by atoms with Gasteiger partial charge in [0.2, 0.25) is 0 Å². The molecule has 26 heavy (non-hydrogen) atoms. The van der Waals surface area contributed by atoms with Gasteiger partial charge in [-0.2, -0.15) is 23.5 Å². The highest BCUT2D eigenvalue weighted by atomic mass is 19.4. The van der Waals surface area contributed by atoms with E-state index in [0.29, 0.717) is 0 Å². The number of halogens is 7. The van der Waals surface area contributed by atoms with Gasteiger partial charge in [0.05, 0.1) is 18.4 Å². The Labute approximate surface area is 139 Å². The zero-order valence-corrected chi connectivity index (χ0v) is 12.4. The van der Waals surface area contributed by atoms with Crippen molar-refractivity contribution in [2.24, 2.45) is 0 Å². The van der Waals surface area contributed by atoms with E-state index in [0.717, 1.165) is 7.11 Å². The summed E-state index contributed by atoms with van der Waals surface area (Å²) in [5.74, 6) is -10.8. The van der Waals surface area contributed by atoms with Gasteiger partial charge in [-0.3, -0.25) is 10.4 Å².